The molecule has 3 N–H and O–H groups in total. The maximum atomic E-state index is 13.3. The smallest absolute Gasteiger partial charge is 0.317 e. The van der Waals surface area contributed by atoms with Gasteiger partial charge in [0.2, 0.25) is 0 Å². The number of hydrogen-bond donors (Lipinski definition) is 3. The van der Waals surface area contributed by atoms with E-state index in [1.54, 1.807) is 0 Å². The molecule has 0 radical (unpaired) electrons. The molecule has 1 aliphatic heterocycles. The first-order valence-corrected chi connectivity index (χ1v) is 13.6. The molecule has 2 amide bonds. The Morgan fingerprint density at radius 2 is 1.94 bits per heavy atom. The maximum Gasteiger partial charge on any atom is 0.317 e. The second-order valence-corrected chi connectivity index (χ2v) is 10.3. The lowest BCUT2D eigenvalue weighted by Gasteiger charge is -2.43. The Morgan fingerprint density at radius 3 is 2.65 bits per heavy atom. The van der Waals surface area contributed by atoms with Crippen molar-refractivity contribution in [2.45, 2.75) is 82.8 Å². The van der Waals surface area contributed by atoms with Gasteiger partial charge in [0.25, 0.3) is 0 Å². The fourth-order valence-corrected chi connectivity index (χ4v) is 5.98. The number of benzene rings is 1. The highest BCUT2D eigenvalue weighted by molar-refractivity contribution is 5.74. The first kappa shape index (κ1) is 27.0. The number of carbonyl (C=O) groups excluding carboxylic acids is 1. The zero-order chi connectivity index (χ0) is 24.2. The Hall–Kier alpha value is -1.63. The lowest BCUT2D eigenvalue weighted by atomic mass is 9.74. The number of likely N-dealkylation sites (tertiary alicyclic amines) is 1. The summed E-state index contributed by atoms with van der Waals surface area (Å²) in [6.07, 6.45) is 10.9. The average molecular weight is 474 g/mol. The fourth-order valence-electron chi connectivity index (χ4n) is 5.98. The molecule has 1 aromatic rings. The first-order chi connectivity index (χ1) is 16.6. The minimum absolute atomic E-state index is 0.0112. The molecular formula is C28H47N3O3. The third-order valence-electron chi connectivity index (χ3n) is 7.83. The van der Waals surface area contributed by atoms with Crippen LogP contribution >= 0.6 is 0 Å². The molecule has 0 aromatic heterocycles. The molecule has 1 aliphatic carbocycles. The van der Waals surface area contributed by atoms with E-state index >= 15 is 0 Å². The van der Waals surface area contributed by atoms with Crippen LogP contribution in [-0.2, 0) is 10.3 Å². The molecule has 1 saturated heterocycles. The summed E-state index contributed by atoms with van der Waals surface area (Å²) in [5, 5.41) is 18.6. The van der Waals surface area contributed by atoms with Crippen molar-refractivity contribution in [1.82, 2.24) is 15.5 Å². The normalized spacial score (nSPS) is 22.2. The van der Waals surface area contributed by atoms with Gasteiger partial charge in [-0.15, -0.1) is 0 Å². The molecule has 6 heteroatoms. The summed E-state index contributed by atoms with van der Waals surface area (Å²) in [4.78, 5) is 15.3. The van der Waals surface area contributed by atoms with Crippen molar-refractivity contribution in [2.75, 3.05) is 39.9 Å². The van der Waals surface area contributed by atoms with Crippen molar-refractivity contribution in [1.29, 1.82) is 0 Å². The van der Waals surface area contributed by atoms with Gasteiger partial charge in [-0.2, -0.15) is 0 Å². The topological polar surface area (TPSA) is 73.8 Å². The number of piperidine rings is 1. The number of nitrogens with zero attached hydrogens (tertiary/aromatic N) is 1. The van der Waals surface area contributed by atoms with Crippen LogP contribution in [0.5, 0.6) is 0 Å². The van der Waals surface area contributed by atoms with Crippen molar-refractivity contribution in [3.8, 4) is 0 Å². The van der Waals surface area contributed by atoms with Gasteiger partial charge in [-0.1, -0.05) is 62.4 Å². The second kappa shape index (κ2) is 14.1. The van der Waals surface area contributed by atoms with Gasteiger partial charge >= 0.3 is 6.03 Å². The summed E-state index contributed by atoms with van der Waals surface area (Å²) in [5.41, 5.74) is -0.00632. The van der Waals surface area contributed by atoms with Gasteiger partial charge < -0.3 is 25.4 Å². The lowest BCUT2D eigenvalue weighted by Crippen LogP contribution is -2.54. The van der Waals surface area contributed by atoms with Gasteiger partial charge in [0.15, 0.2) is 0 Å². The Kier molecular flexibility index (Phi) is 11.1. The third kappa shape index (κ3) is 7.69. The minimum Gasteiger partial charge on any atom is -0.385 e. The van der Waals surface area contributed by atoms with Crippen LogP contribution in [0, 0.1) is 11.8 Å². The summed E-state index contributed by atoms with van der Waals surface area (Å²) in [6.45, 7) is 5.47. The summed E-state index contributed by atoms with van der Waals surface area (Å²) >= 11 is 0. The Labute approximate surface area is 206 Å². The zero-order valence-corrected chi connectivity index (χ0v) is 21.4. The molecule has 2 fully saturated rings. The Bertz CT molecular complexity index is 710. The van der Waals surface area contributed by atoms with E-state index in [0.29, 0.717) is 26.2 Å². The van der Waals surface area contributed by atoms with E-state index in [-0.39, 0.29) is 18.0 Å². The molecule has 0 bridgehead atoms. The summed E-state index contributed by atoms with van der Waals surface area (Å²) < 4.78 is 5.55. The van der Waals surface area contributed by atoms with Crippen molar-refractivity contribution in [3.63, 3.8) is 0 Å². The van der Waals surface area contributed by atoms with Gasteiger partial charge in [0.1, 0.15) is 0 Å². The number of carbonyl (C=O) groups is 1. The molecule has 1 saturated carbocycles. The van der Waals surface area contributed by atoms with E-state index in [9.17, 15) is 9.90 Å². The highest BCUT2D eigenvalue weighted by Gasteiger charge is 2.41. The fraction of sp³-hybridized carbons (Fsp3) is 0.750. The molecule has 34 heavy (non-hydrogen) atoms. The summed E-state index contributed by atoms with van der Waals surface area (Å²) in [5.74, 6) is 0.729. The lowest BCUT2D eigenvalue weighted by molar-refractivity contribution is -0.0592. The van der Waals surface area contributed by atoms with Crippen LogP contribution in [0.3, 0.4) is 0 Å². The minimum atomic E-state index is -0.955. The van der Waals surface area contributed by atoms with Crippen LogP contribution in [0.25, 0.3) is 0 Å². The predicted molar refractivity (Wildman–Crippen MR) is 138 cm³/mol. The molecule has 0 spiro atoms. The number of rotatable bonds is 12. The molecule has 1 heterocycles. The molecule has 3 rings (SSSR count). The van der Waals surface area contributed by atoms with E-state index in [0.717, 1.165) is 50.3 Å². The number of ether oxygens (including phenoxy) is 1. The van der Waals surface area contributed by atoms with Crippen LogP contribution in [0.4, 0.5) is 4.79 Å². The molecule has 2 aliphatic rings. The molecule has 6 nitrogen and oxygen atoms in total. The van der Waals surface area contributed by atoms with Gasteiger partial charge in [-0.3, -0.25) is 0 Å². The summed E-state index contributed by atoms with van der Waals surface area (Å²) in [6, 6.07) is 10.2. The highest BCUT2D eigenvalue weighted by Crippen LogP contribution is 2.39. The Morgan fingerprint density at radius 1 is 1.18 bits per heavy atom. The monoisotopic (exact) mass is 473 g/mol. The number of amides is 2. The number of likely N-dealkylation sites (N-methyl/N-ethyl adjacent to an activating group) is 1. The molecule has 1 aromatic carbocycles. The molecule has 0 unspecified atom stereocenters. The average Bonchev–Trinajstić information content (AvgIpc) is 2.88. The maximum absolute atomic E-state index is 13.3. The van der Waals surface area contributed by atoms with Crippen molar-refractivity contribution in [2.24, 2.45) is 11.8 Å². The predicted octanol–water partition coefficient (Wildman–Crippen LogP) is 4.67. The van der Waals surface area contributed by atoms with E-state index in [4.69, 9.17) is 4.74 Å². The van der Waals surface area contributed by atoms with Crippen LogP contribution in [0.2, 0.25) is 0 Å². The van der Waals surface area contributed by atoms with Gasteiger partial charge in [0, 0.05) is 44.8 Å². The van der Waals surface area contributed by atoms with Crippen LogP contribution in [0.1, 0.15) is 76.7 Å². The number of aliphatic hydroxyl groups is 1. The van der Waals surface area contributed by atoms with E-state index in [1.807, 2.05) is 49.2 Å². The Balaban J connectivity index is 1.64. The molecule has 3 atom stereocenters. The number of hydrogen-bond acceptors (Lipinski definition) is 4. The van der Waals surface area contributed by atoms with Crippen LogP contribution in [-0.4, -0.2) is 62.0 Å². The van der Waals surface area contributed by atoms with Crippen LogP contribution in [0.15, 0.2) is 30.3 Å². The van der Waals surface area contributed by atoms with Crippen molar-refractivity contribution >= 4 is 6.03 Å². The van der Waals surface area contributed by atoms with Gasteiger partial charge in [0.05, 0.1) is 5.60 Å². The number of nitrogens with one attached hydrogen (secondary N) is 2. The number of urea groups is 1. The van der Waals surface area contributed by atoms with E-state index < -0.39 is 5.60 Å². The van der Waals surface area contributed by atoms with E-state index in [2.05, 4.69) is 10.6 Å². The quantitative estimate of drug-likeness (QED) is 0.386. The summed E-state index contributed by atoms with van der Waals surface area (Å²) in [7, 11) is 1.96. The SMILES string of the molecule is CCOCCC[C@](O)(c1ccccc1)[C@@H]1CCCN(C(=O)N[C@H](CNC)CC2CCCCC2)C1. The second-order valence-electron chi connectivity index (χ2n) is 10.3. The van der Waals surface area contributed by atoms with E-state index in [1.165, 1.54) is 32.1 Å². The van der Waals surface area contributed by atoms with Gasteiger partial charge in [-0.25, -0.2) is 4.79 Å². The van der Waals surface area contributed by atoms with Gasteiger partial charge in [-0.05, 0) is 57.6 Å². The first-order valence-electron chi connectivity index (χ1n) is 13.6. The standard InChI is InChI=1S/C28H47N3O3/c1-3-34-19-11-17-28(33,24-14-8-5-9-15-24)25-16-10-18-31(22-25)27(32)30-26(21-29-2)20-23-12-6-4-7-13-23/h5,8-9,14-15,23,25-26,29,33H,3-4,6-7,10-13,16-22H2,1-2H3,(H,30,32)/t25-,26+,28+/m1/s1. The third-order valence-corrected chi connectivity index (χ3v) is 7.83. The largest absolute Gasteiger partial charge is 0.385 e. The highest BCUT2D eigenvalue weighted by atomic mass is 16.5. The van der Waals surface area contributed by atoms with Crippen LogP contribution < -0.4 is 10.6 Å². The molecule has 192 valence electrons. The van der Waals surface area contributed by atoms with Crippen molar-refractivity contribution in [3.05, 3.63) is 35.9 Å². The van der Waals surface area contributed by atoms with Crippen molar-refractivity contribution < 1.29 is 14.6 Å². The molecular weight excluding hydrogens is 426 g/mol. The zero-order valence-electron chi connectivity index (χ0n) is 21.4.